The van der Waals surface area contributed by atoms with Crippen molar-refractivity contribution in [2.24, 2.45) is 0 Å². The molecule has 5 nitrogen and oxygen atoms in total. The van der Waals surface area contributed by atoms with E-state index in [2.05, 4.69) is 34.5 Å². The van der Waals surface area contributed by atoms with Gasteiger partial charge in [-0.05, 0) is 52.9 Å². The Morgan fingerprint density at radius 3 is 2.23 bits per heavy atom. The Kier molecular flexibility index (Phi) is 6.09. The minimum absolute atomic E-state index is 0.0224. The smallest absolute Gasteiger partial charge is 0.251 e. The van der Waals surface area contributed by atoms with Gasteiger partial charge in [-0.3, -0.25) is 4.79 Å². The lowest BCUT2D eigenvalue weighted by atomic mass is 9.99. The molecule has 3 aromatic carbocycles. The number of hydrogen-bond donors (Lipinski definition) is 1. The molecule has 0 saturated carbocycles. The number of carbonyl (C=O) groups excluding carboxylic acids is 1. The lowest BCUT2D eigenvalue weighted by Gasteiger charge is -2.30. The average molecular weight is 435 g/mol. The topological polar surface area (TPSA) is 66.5 Å². The second-order valence-corrected chi connectivity index (χ2v) is 10.2. The molecule has 1 aliphatic rings. The van der Waals surface area contributed by atoms with Gasteiger partial charge in [0, 0.05) is 37.1 Å². The number of nitrogens with one attached hydrogen (secondary N) is 1. The zero-order valence-corrected chi connectivity index (χ0v) is 18.4. The molecular weight excluding hydrogens is 408 g/mol. The van der Waals surface area contributed by atoms with Crippen LogP contribution in [0, 0.1) is 0 Å². The van der Waals surface area contributed by atoms with Gasteiger partial charge in [0.1, 0.15) is 0 Å². The van der Waals surface area contributed by atoms with Crippen molar-refractivity contribution < 1.29 is 13.2 Å². The Balaban J connectivity index is 1.33. The van der Waals surface area contributed by atoms with Crippen molar-refractivity contribution in [3.8, 4) is 0 Å². The first-order chi connectivity index (χ1) is 14.9. The van der Waals surface area contributed by atoms with Crippen LogP contribution < -0.4 is 10.2 Å². The molecular formula is C25H26N2O3S. The molecule has 1 amide bonds. The molecule has 160 valence electrons. The van der Waals surface area contributed by atoms with E-state index in [0.717, 1.165) is 36.3 Å². The number of fused-ring (bicyclic) bond motifs is 1. The van der Waals surface area contributed by atoms with Gasteiger partial charge in [-0.15, -0.1) is 0 Å². The number of amides is 1. The van der Waals surface area contributed by atoms with Crippen molar-refractivity contribution in [2.75, 3.05) is 17.7 Å². The highest BCUT2D eigenvalue weighted by molar-refractivity contribution is 7.89. The molecule has 0 atom stereocenters. The van der Waals surface area contributed by atoms with Gasteiger partial charge >= 0.3 is 0 Å². The van der Waals surface area contributed by atoms with Crippen LogP contribution in [0.5, 0.6) is 0 Å². The zero-order valence-electron chi connectivity index (χ0n) is 17.5. The van der Waals surface area contributed by atoms with Crippen LogP contribution in [0.1, 0.15) is 32.6 Å². The summed E-state index contributed by atoms with van der Waals surface area (Å²) in [5.41, 5.74) is 6.18. The predicted molar refractivity (Wildman–Crippen MR) is 124 cm³/mol. The molecule has 0 unspecified atom stereocenters. The lowest BCUT2D eigenvalue weighted by Crippen LogP contribution is -2.30. The van der Waals surface area contributed by atoms with Crippen LogP contribution in [-0.4, -0.2) is 27.1 Å². The summed E-state index contributed by atoms with van der Waals surface area (Å²) in [4.78, 5) is 14.9. The maximum atomic E-state index is 12.5. The Labute approximate surface area is 183 Å². The summed E-state index contributed by atoms with van der Waals surface area (Å²) >= 11 is 0. The fraction of sp³-hybridized carbons (Fsp3) is 0.240. The SMILES string of the molecule is CS(=O)(=O)Cc1ccc(CNC(=O)c2ccc(N3CCc4ccccc4C3)cc2)cc1. The van der Waals surface area contributed by atoms with Gasteiger partial charge < -0.3 is 10.2 Å². The van der Waals surface area contributed by atoms with Crippen LogP contribution in [0.4, 0.5) is 5.69 Å². The molecule has 0 saturated heterocycles. The van der Waals surface area contributed by atoms with Crippen LogP contribution in [0.15, 0.2) is 72.8 Å². The molecule has 31 heavy (non-hydrogen) atoms. The molecule has 6 heteroatoms. The van der Waals surface area contributed by atoms with Gasteiger partial charge in [0.2, 0.25) is 0 Å². The quantitative estimate of drug-likeness (QED) is 0.642. The van der Waals surface area contributed by atoms with Crippen LogP contribution >= 0.6 is 0 Å². The Morgan fingerprint density at radius 2 is 1.55 bits per heavy atom. The van der Waals surface area contributed by atoms with Gasteiger partial charge in [-0.1, -0.05) is 48.5 Å². The summed E-state index contributed by atoms with van der Waals surface area (Å²) < 4.78 is 22.8. The summed E-state index contributed by atoms with van der Waals surface area (Å²) in [6, 6.07) is 23.5. The summed E-state index contributed by atoms with van der Waals surface area (Å²) in [6.07, 6.45) is 2.25. The van der Waals surface area contributed by atoms with Crippen LogP contribution in [-0.2, 0) is 35.1 Å². The van der Waals surface area contributed by atoms with Crippen LogP contribution in [0.25, 0.3) is 0 Å². The number of sulfone groups is 1. The molecule has 0 fully saturated rings. The summed E-state index contributed by atoms with van der Waals surface area (Å²) in [5.74, 6) is -0.107. The van der Waals surface area contributed by atoms with Crippen molar-refractivity contribution in [1.82, 2.24) is 5.32 Å². The fourth-order valence-corrected chi connectivity index (χ4v) is 4.68. The van der Waals surface area contributed by atoms with E-state index in [1.165, 1.54) is 17.4 Å². The van der Waals surface area contributed by atoms with Crippen molar-refractivity contribution in [2.45, 2.75) is 25.3 Å². The standard InChI is InChI=1S/C25H26N2O3S/c1-31(29,30)18-20-8-6-19(7-9-20)16-26-25(28)22-10-12-24(13-11-22)27-15-14-21-4-2-3-5-23(21)17-27/h2-13H,14-18H2,1H3,(H,26,28). The van der Waals surface area contributed by atoms with Crippen LogP contribution in [0.2, 0.25) is 0 Å². The van der Waals surface area contributed by atoms with Gasteiger partial charge in [-0.25, -0.2) is 8.42 Å². The normalized spacial score (nSPS) is 13.5. The first kappa shape index (κ1) is 21.1. The molecule has 4 rings (SSSR count). The predicted octanol–water partition coefficient (Wildman–Crippen LogP) is 3.72. The van der Waals surface area contributed by atoms with Gasteiger partial charge in [0.25, 0.3) is 5.91 Å². The molecule has 1 heterocycles. The Bertz CT molecular complexity index is 1170. The number of hydrogen-bond acceptors (Lipinski definition) is 4. The largest absolute Gasteiger partial charge is 0.367 e. The number of carbonyl (C=O) groups is 1. The van der Waals surface area contributed by atoms with Crippen molar-refractivity contribution in [1.29, 1.82) is 0 Å². The van der Waals surface area contributed by atoms with E-state index in [9.17, 15) is 13.2 Å². The number of benzene rings is 3. The third-order valence-corrected chi connectivity index (χ3v) is 6.39. The van der Waals surface area contributed by atoms with E-state index in [-0.39, 0.29) is 11.7 Å². The Morgan fingerprint density at radius 1 is 0.903 bits per heavy atom. The maximum absolute atomic E-state index is 12.5. The van der Waals surface area contributed by atoms with Crippen LogP contribution in [0.3, 0.4) is 0 Å². The van der Waals surface area contributed by atoms with Gasteiger partial charge in [0.05, 0.1) is 5.75 Å². The van der Waals surface area contributed by atoms with Crippen molar-refractivity contribution in [3.05, 3.63) is 101 Å². The van der Waals surface area contributed by atoms with E-state index in [0.29, 0.717) is 12.1 Å². The second-order valence-electron chi connectivity index (χ2n) is 8.06. The maximum Gasteiger partial charge on any atom is 0.251 e. The summed E-state index contributed by atoms with van der Waals surface area (Å²) in [5, 5.41) is 2.92. The molecule has 0 radical (unpaired) electrons. The van der Waals surface area contributed by atoms with Gasteiger partial charge in [-0.2, -0.15) is 0 Å². The zero-order chi connectivity index (χ0) is 21.8. The summed E-state index contributed by atoms with van der Waals surface area (Å²) in [7, 11) is -3.05. The molecule has 1 N–H and O–H groups in total. The van der Waals surface area contributed by atoms with E-state index in [1.54, 1.807) is 12.1 Å². The number of rotatable bonds is 6. The fourth-order valence-electron chi connectivity index (χ4n) is 3.88. The molecule has 0 bridgehead atoms. The lowest BCUT2D eigenvalue weighted by molar-refractivity contribution is 0.0951. The number of nitrogens with zero attached hydrogens (tertiary/aromatic N) is 1. The monoisotopic (exact) mass is 434 g/mol. The highest BCUT2D eigenvalue weighted by atomic mass is 32.2. The summed E-state index contributed by atoms with van der Waals surface area (Å²) in [6.45, 7) is 2.25. The van der Waals surface area contributed by atoms with Crippen molar-refractivity contribution in [3.63, 3.8) is 0 Å². The average Bonchev–Trinajstić information content (AvgIpc) is 2.77. The molecule has 1 aliphatic heterocycles. The second kappa shape index (κ2) is 8.94. The van der Waals surface area contributed by atoms with E-state index in [4.69, 9.17) is 0 Å². The minimum atomic E-state index is -3.05. The molecule has 0 spiro atoms. The van der Waals surface area contributed by atoms with E-state index < -0.39 is 9.84 Å². The Hall–Kier alpha value is -3.12. The molecule has 0 aliphatic carbocycles. The third kappa shape index (κ3) is 5.52. The minimum Gasteiger partial charge on any atom is -0.367 e. The highest BCUT2D eigenvalue weighted by Crippen LogP contribution is 2.24. The highest BCUT2D eigenvalue weighted by Gasteiger charge is 2.16. The number of anilines is 1. The third-order valence-electron chi connectivity index (χ3n) is 5.53. The molecule has 0 aromatic heterocycles. The first-order valence-electron chi connectivity index (χ1n) is 10.3. The van der Waals surface area contributed by atoms with Crippen molar-refractivity contribution >= 4 is 21.4 Å². The van der Waals surface area contributed by atoms with E-state index in [1.807, 2.05) is 36.4 Å². The van der Waals surface area contributed by atoms with E-state index >= 15 is 0 Å². The van der Waals surface area contributed by atoms with Gasteiger partial charge in [0.15, 0.2) is 9.84 Å². The first-order valence-corrected chi connectivity index (χ1v) is 12.4. The molecule has 3 aromatic rings.